The second-order valence-corrected chi connectivity index (χ2v) is 6.11. The van der Waals surface area contributed by atoms with Crippen LogP contribution in [0.2, 0.25) is 0 Å². The zero-order valence-electron chi connectivity index (χ0n) is 13.6. The minimum Gasteiger partial charge on any atom is -0.463 e. The van der Waals surface area contributed by atoms with Crippen LogP contribution < -0.4 is 0 Å². The molecule has 4 atom stereocenters. The Morgan fingerprint density at radius 3 is 2.70 bits per heavy atom. The van der Waals surface area contributed by atoms with Crippen LogP contribution in [0.1, 0.15) is 26.7 Å². The van der Waals surface area contributed by atoms with E-state index in [2.05, 4.69) is 4.90 Å². The average molecular weight is 327 g/mol. The molecular weight excluding hydrogens is 302 g/mol. The molecule has 0 spiro atoms. The summed E-state index contributed by atoms with van der Waals surface area (Å²) in [6.45, 7) is 4.77. The molecule has 0 radical (unpaired) electrons. The Morgan fingerprint density at radius 1 is 1.35 bits per heavy atom. The highest BCUT2D eigenvalue weighted by molar-refractivity contribution is 5.87. The van der Waals surface area contributed by atoms with Crippen LogP contribution in [0.25, 0.3) is 0 Å². The zero-order chi connectivity index (χ0) is 17.0. The van der Waals surface area contributed by atoms with E-state index in [0.29, 0.717) is 5.57 Å². The van der Waals surface area contributed by atoms with Gasteiger partial charge in [0.1, 0.15) is 6.10 Å². The Hall–Kier alpha value is -1.44. The maximum absolute atomic E-state index is 12.0. The van der Waals surface area contributed by atoms with Gasteiger partial charge in [-0.3, -0.25) is 4.90 Å². The van der Waals surface area contributed by atoms with Crippen LogP contribution in [0, 0.1) is 5.92 Å². The minimum atomic E-state index is -1.50. The predicted octanol–water partition coefficient (Wildman–Crippen LogP) is -0.145. The Morgan fingerprint density at radius 2 is 2.04 bits per heavy atom. The molecule has 2 fully saturated rings. The Kier molecular flexibility index (Phi) is 6.15. The molecule has 0 aromatic carbocycles. The van der Waals surface area contributed by atoms with Gasteiger partial charge in [-0.05, 0) is 33.2 Å². The molecule has 0 saturated carbocycles. The molecule has 23 heavy (non-hydrogen) atoms. The van der Waals surface area contributed by atoms with Crippen LogP contribution in [0.4, 0.5) is 0 Å². The molecule has 2 aliphatic rings. The number of hydrogen-bond donors (Lipinski definition) is 2. The predicted molar refractivity (Wildman–Crippen MR) is 81.4 cm³/mol. The van der Waals surface area contributed by atoms with Crippen molar-refractivity contribution >= 4 is 11.9 Å². The number of rotatable bonds is 6. The summed E-state index contributed by atoms with van der Waals surface area (Å²) in [6, 6.07) is 0.0441. The van der Waals surface area contributed by atoms with Gasteiger partial charge in [-0.25, -0.2) is 9.59 Å². The summed E-state index contributed by atoms with van der Waals surface area (Å²) in [4.78, 5) is 25.7. The number of carbonyl (C=O) groups is 2. The van der Waals surface area contributed by atoms with Gasteiger partial charge in [-0.1, -0.05) is 6.08 Å². The molecule has 130 valence electrons. The number of fused-ring (bicyclic) bond motifs is 1. The summed E-state index contributed by atoms with van der Waals surface area (Å²) in [5, 5.41) is 18.0. The molecule has 2 aliphatic heterocycles. The third-order valence-electron chi connectivity index (χ3n) is 4.67. The number of hydrogen-bond acceptors (Lipinski definition) is 7. The van der Waals surface area contributed by atoms with Crippen molar-refractivity contribution in [2.24, 2.45) is 5.92 Å². The first kappa shape index (κ1) is 17.9. The van der Waals surface area contributed by atoms with Gasteiger partial charge in [-0.15, -0.1) is 0 Å². The van der Waals surface area contributed by atoms with E-state index in [4.69, 9.17) is 14.6 Å². The fourth-order valence-corrected chi connectivity index (χ4v) is 3.23. The molecule has 0 amide bonds. The van der Waals surface area contributed by atoms with E-state index < -0.39 is 18.7 Å². The monoisotopic (exact) mass is 327 g/mol. The molecule has 7 heteroatoms. The number of ether oxygens (including phenoxy) is 2. The topological polar surface area (TPSA) is 96.3 Å². The van der Waals surface area contributed by atoms with E-state index in [-0.39, 0.29) is 30.6 Å². The number of carbonyl (C=O) groups excluding carboxylic acids is 2. The quantitative estimate of drug-likeness (QED) is 0.517. The maximum Gasteiger partial charge on any atom is 0.337 e. The largest absolute Gasteiger partial charge is 0.463 e. The lowest BCUT2D eigenvalue weighted by molar-refractivity contribution is -0.158. The third-order valence-corrected chi connectivity index (χ3v) is 4.67. The van der Waals surface area contributed by atoms with Gasteiger partial charge in [0.15, 0.2) is 6.10 Å². The van der Waals surface area contributed by atoms with Gasteiger partial charge >= 0.3 is 11.9 Å². The van der Waals surface area contributed by atoms with Gasteiger partial charge in [0.25, 0.3) is 0 Å². The molecule has 0 aromatic rings. The second-order valence-electron chi connectivity index (χ2n) is 6.11. The van der Waals surface area contributed by atoms with Crippen molar-refractivity contribution in [1.29, 1.82) is 0 Å². The van der Waals surface area contributed by atoms with Crippen LogP contribution in [-0.2, 0) is 19.1 Å². The summed E-state index contributed by atoms with van der Waals surface area (Å²) in [5.41, 5.74) is 0.579. The van der Waals surface area contributed by atoms with Gasteiger partial charge in [0, 0.05) is 18.0 Å². The highest BCUT2D eigenvalue weighted by atomic mass is 16.6. The lowest BCUT2D eigenvalue weighted by atomic mass is 9.97. The van der Waals surface area contributed by atoms with Crippen molar-refractivity contribution in [3.63, 3.8) is 0 Å². The maximum atomic E-state index is 12.0. The first-order valence-corrected chi connectivity index (χ1v) is 8.01. The zero-order valence-corrected chi connectivity index (χ0v) is 13.6. The average Bonchev–Trinajstić information content (AvgIpc) is 3.14. The first-order chi connectivity index (χ1) is 11.0. The van der Waals surface area contributed by atoms with E-state index >= 15 is 0 Å². The van der Waals surface area contributed by atoms with Crippen molar-refractivity contribution in [3.05, 3.63) is 11.6 Å². The highest BCUT2D eigenvalue weighted by Gasteiger charge is 2.46. The van der Waals surface area contributed by atoms with Gasteiger partial charge in [0.05, 0.1) is 19.3 Å². The van der Waals surface area contributed by atoms with Crippen LogP contribution in [0.3, 0.4) is 0 Å². The summed E-state index contributed by atoms with van der Waals surface area (Å²) in [7, 11) is 0. The molecule has 2 heterocycles. The second kappa shape index (κ2) is 7.90. The molecule has 2 N–H and O–H groups in total. The van der Waals surface area contributed by atoms with Crippen LogP contribution in [-0.4, -0.2) is 71.6 Å². The van der Waals surface area contributed by atoms with Crippen molar-refractivity contribution in [2.45, 2.75) is 44.9 Å². The fourth-order valence-electron chi connectivity index (χ4n) is 3.23. The lowest BCUT2D eigenvalue weighted by Gasteiger charge is -2.26. The van der Waals surface area contributed by atoms with Crippen LogP contribution in [0.5, 0.6) is 0 Å². The number of esters is 2. The first-order valence-electron chi connectivity index (χ1n) is 8.01. The molecule has 0 bridgehead atoms. The number of aliphatic hydroxyl groups excluding tert-OH is 2. The van der Waals surface area contributed by atoms with E-state index in [1.54, 1.807) is 19.9 Å². The molecule has 0 aliphatic carbocycles. The van der Waals surface area contributed by atoms with Crippen LogP contribution >= 0.6 is 0 Å². The number of aliphatic hydroxyl groups is 2. The summed E-state index contributed by atoms with van der Waals surface area (Å²) < 4.78 is 10.7. The summed E-state index contributed by atoms with van der Waals surface area (Å²) in [6.07, 6.45) is 1.65. The molecule has 0 aromatic heterocycles. The number of nitrogens with zero attached hydrogens (tertiary/aromatic N) is 1. The molecule has 4 unspecified atom stereocenters. The van der Waals surface area contributed by atoms with E-state index in [0.717, 1.165) is 25.9 Å². The fraction of sp³-hybridized carbons (Fsp3) is 0.750. The third kappa shape index (κ3) is 4.10. The van der Waals surface area contributed by atoms with Gasteiger partial charge in [0.2, 0.25) is 0 Å². The van der Waals surface area contributed by atoms with E-state index in [1.807, 2.05) is 0 Å². The van der Waals surface area contributed by atoms with E-state index in [9.17, 15) is 14.7 Å². The summed E-state index contributed by atoms with van der Waals surface area (Å²) in [5.74, 6) is -1.06. The van der Waals surface area contributed by atoms with Crippen LogP contribution in [0.15, 0.2) is 11.6 Å². The Balaban J connectivity index is 1.92. The Labute approximate surface area is 135 Å². The molecule has 2 saturated heterocycles. The smallest absolute Gasteiger partial charge is 0.337 e. The Bertz CT molecular complexity index is 477. The highest BCUT2D eigenvalue weighted by Crippen LogP contribution is 2.35. The van der Waals surface area contributed by atoms with E-state index in [1.165, 1.54) is 0 Å². The lowest BCUT2D eigenvalue weighted by Crippen LogP contribution is -2.39. The molecule has 7 nitrogen and oxygen atoms in total. The number of allylic oxidation sites excluding steroid dienone is 1. The SMILES string of the molecule is CC=C(C)C(=O)OC1CCN2CCC(COC(=O)C(O)CO)C12. The molecule has 2 rings (SSSR count). The van der Waals surface area contributed by atoms with Crippen molar-refractivity contribution in [2.75, 3.05) is 26.3 Å². The standard InChI is InChI=1S/C16H25NO6/c1-3-10(2)15(20)23-13-5-7-17-6-4-11(14(13)17)9-22-16(21)12(19)8-18/h3,11-14,18-19H,4-9H2,1-2H3. The molecular formula is C16H25NO6. The van der Waals surface area contributed by atoms with Crippen molar-refractivity contribution in [1.82, 2.24) is 4.90 Å². The van der Waals surface area contributed by atoms with Crippen molar-refractivity contribution < 1.29 is 29.3 Å². The summed E-state index contributed by atoms with van der Waals surface area (Å²) >= 11 is 0. The van der Waals surface area contributed by atoms with Crippen molar-refractivity contribution in [3.8, 4) is 0 Å². The minimum absolute atomic E-state index is 0.0441. The van der Waals surface area contributed by atoms with Gasteiger partial charge in [-0.2, -0.15) is 0 Å². The van der Waals surface area contributed by atoms with Gasteiger partial charge < -0.3 is 19.7 Å². The normalized spacial score (nSPS) is 29.2.